The second-order valence-corrected chi connectivity index (χ2v) is 13.0. The van der Waals surface area contributed by atoms with Gasteiger partial charge < -0.3 is 9.84 Å². The first-order chi connectivity index (χ1) is 14.3. The van der Waals surface area contributed by atoms with Gasteiger partial charge in [-0.15, -0.1) is 5.54 Å². The summed E-state index contributed by atoms with van der Waals surface area (Å²) < 4.78 is 5.28. The fraction of sp³-hybridized carbons (Fsp3) is 0.185. The minimum atomic E-state index is -1.67. The molecule has 0 unspecified atom stereocenters. The van der Waals surface area contributed by atoms with Crippen LogP contribution in [0.1, 0.15) is 16.7 Å². The quantitative estimate of drug-likeness (QED) is 0.418. The molecule has 0 aliphatic heterocycles. The van der Waals surface area contributed by atoms with Crippen molar-refractivity contribution < 1.29 is 9.84 Å². The van der Waals surface area contributed by atoms with E-state index in [2.05, 4.69) is 31.1 Å². The van der Waals surface area contributed by atoms with Crippen LogP contribution in [0.25, 0.3) is 6.08 Å². The normalized spacial score (nSPS) is 12.1. The van der Waals surface area contributed by atoms with Crippen molar-refractivity contribution in [3.8, 4) is 17.2 Å². The predicted molar refractivity (Wildman–Crippen MR) is 128 cm³/mol. The summed E-state index contributed by atoms with van der Waals surface area (Å²) in [6, 6.07) is 27.3. The number of benzene rings is 3. The molecule has 0 saturated carbocycles. The number of hydrogen-bond acceptors (Lipinski definition) is 2. The molecule has 1 N–H and O–H groups in total. The van der Waals surface area contributed by atoms with Crippen LogP contribution >= 0.6 is 0 Å². The molecule has 3 heteroatoms. The number of aliphatic hydroxyl groups is 1. The summed E-state index contributed by atoms with van der Waals surface area (Å²) in [6.07, 6.45) is 1.98. The first-order valence-corrected chi connectivity index (χ1v) is 13.6. The van der Waals surface area contributed by atoms with E-state index in [0.29, 0.717) is 5.57 Å². The van der Waals surface area contributed by atoms with Crippen LogP contribution in [0.2, 0.25) is 19.6 Å². The van der Waals surface area contributed by atoms with E-state index < -0.39 is 13.7 Å². The predicted octanol–water partition coefficient (Wildman–Crippen LogP) is 5.90. The summed E-state index contributed by atoms with van der Waals surface area (Å²) in [4.78, 5) is 0. The number of methoxy groups -OCH3 is 1. The molecule has 0 fully saturated rings. The fourth-order valence-corrected chi connectivity index (χ4v) is 3.70. The van der Waals surface area contributed by atoms with Gasteiger partial charge in [-0.05, 0) is 34.9 Å². The van der Waals surface area contributed by atoms with Crippen molar-refractivity contribution in [1.29, 1.82) is 0 Å². The number of hydrogen-bond donors (Lipinski definition) is 1. The van der Waals surface area contributed by atoms with Gasteiger partial charge >= 0.3 is 0 Å². The second-order valence-electron chi connectivity index (χ2n) is 8.27. The third-order valence-electron chi connectivity index (χ3n) is 4.77. The lowest BCUT2D eigenvalue weighted by Gasteiger charge is -2.30. The van der Waals surface area contributed by atoms with Crippen LogP contribution < -0.4 is 4.74 Å². The standard InChI is InChI=1S/C27H28O2Si/c1-29-26-17-15-22(16-18-26)21-25(19-20-30(2,3)4)27(28,23-11-7-5-8-12-23)24-13-9-6-10-14-24/h5-18,21,28H,1-4H3/b25-21+. The van der Waals surface area contributed by atoms with E-state index in [1.54, 1.807) is 7.11 Å². The van der Waals surface area contributed by atoms with Gasteiger partial charge in [-0.1, -0.05) is 98.4 Å². The molecule has 0 radical (unpaired) electrons. The summed E-state index contributed by atoms with van der Waals surface area (Å²) in [5.41, 5.74) is 5.30. The first-order valence-electron chi connectivity index (χ1n) is 10.1. The van der Waals surface area contributed by atoms with Gasteiger partial charge in [0.25, 0.3) is 0 Å². The van der Waals surface area contributed by atoms with Gasteiger partial charge in [0.15, 0.2) is 0 Å². The SMILES string of the molecule is COc1ccc(/C=C(\C#C[Si](C)(C)C)C(O)(c2ccccc2)c2ccccc2)cc1. The van der Waals surface area contributed by atoms with Crippen molar-refractivity contribution >= 4 is 14.1 Å². The lowest BCUT2D eigenvalue weighted by molar-refractivity contribution is 0.127. The van der Waals surface area contributed by atoms with Crippen LogP contribution in [0.5, 0.6) is 5.75 Å². The maximum absolute atomic E-state index is 12.2. The smallest absolute Gasteiger partial charge is 0.148 e. The largest absolute Gasteiger partial charge is 0.497 e. The molecule has 2 nitrogen and oxygen atoms in total. The fourth-order valence-electron chi connectivity index (χ4n) is 3.19. The van der Waals surface area contributed by atoms with Gasteiger partial charge in [0.1, 0.15) is 19.4 Å². The van der Waals surface area contributed by atoms with Crippen LogP contribution in [0, 0.1) is 11.5 Å². The molecule has 0 aromatic heterocycles. The highest BCUT2D eigenvalue weighted by atomic mass is 28.3. The van der Waals surface area contributed by atoms with E-state index in [9.17, 15) is 5.11 Å². The third-order valence-corrected chi connectivity index (χ3v) is 5.65. The Kier molecular flexibility index (Phi) is 6.62. The van der Waals surface area contributed by atoms with Crippen LogP contribution in [0.4, 0.5) is 0 Å². The molecule has 0 aliphatic carbocycles. The summed E-state index contributed by atoms with van der Waals surface area (Å²) in [7, 11) is -0.0136. The van der Waals surface area contributed by atoms with Gasteiger partial charge in [-0.25, -0.2) is 0 Å². The zero-order valence-corrected chi connectivity index (χ0v) is 19.0. The average Bonchev–Trinajstić information content (AvgIpc) is 2.77. The molecule has 0 spiro atoms. The molecule has 3 aromatic rings. The average molecular weight is 413 g/mol. The van der Waals surface area contributed by atoms with Crippen molar-refractivity contribution in [3.63, 3.8) is 0 Å². The van der Waals surface area contributed by atoms with Gasteiger partial charge in [0, 0.05) is 5.57 Å². The Balaban J connectivity index is 2.26. The van der Waals surface area contributed by atoms with Crippen LogP contribution in [-0.4, -0.2) is 20.3 Å². The number of rotatable bonds is 5. The molecule has 0 saturated heterocycles. The molecule has 0 bridgehead atoms. The highest BCUT2D eigenvalue weighted by molar-refractivity contribution is 6.83. The Morgan fingerprint density at radius 3 is 1.77 bits per heavy atom. The highest BCUT2D eigenvalue weighted by Crippen LogP contribution is 2.37. The topological polar surface area (TPSA) is 29.5 Å². The minimum Gasteiger partial charge on any atom is -0.497 e. The minimum absolute atomic E-state index is 0.660. The maximum atomic E-state index is 12.2. The van der Waals surface area contributed by atoms with Crippen LogP contribution in [0.15, 0.2) is 90.5 Å². The van der Waals surface area contributed by atoms with Crippen molar-refractivity contribution in [3.05, 3.63) is 107 Å². The van der Waals surface area contributed by atoms with Crippen molar-refractivity contribution in [2.24, 2.45) is 0 Å². The Morgan fingerprint density at radius 2 is 1.33 bits per heavy atom. The van der Waals surface area contributed by atoms with Gasteiger partial charge in [-0.3, -0.25) is 0 Å². The molecule has 0 amide bonds. The first kappa shape index (κ1) is 21.6. The van der Waals surface area contributed by atoms with E-state index in [-0.39, 0.29) is 0 Å². The van der Waals surface area contributed by atoms with Gasteiger partial charge in [0.2, 0.25) is 0 Å². The Labute approximate surface area is 180 Å². The molecule has 152 valence electrons. The molecule has 0 atom stereocenters. The molecule has 30 heavy (non-hydrogen) atoms. The molecular formula is C27H28O2Si. The van der Waals surface area contributed by atoms with Crippen molar-refractivity contribution in [2.75, 3.05) is 7.11 Å². The maximum Gasteiger partial charge on any atom is 0.148 e. The summed E-state index contributed by atoms with van der Waals surface area (Å²) in [5.74, 6) is 4.16. The lowest BCUT2D eigenvalue weighted by Crippen LogP contribution is -2.30. The molecule has 0 heterocycles. The Morgan fingerprint density at radius 1 is 0.833 bits per heavy atom. The van der Waals surface area contributed by atoms with E-state index >= 15 is 0 Å². The Hall–Kier alpha value is -3.06. The molecular weight excluding hydrogens is 384 g/mol. The lowest BCUT2D eigenvalue weighted by atomic mass is 9.79. The van der Waals surface area contributed by atoms with Crippen LogP contribution in [0.3, 0.4) is 0 Å². The third kappa shape index (κ3) is 5.10. The molecule has 0 aliphatic rings. The molecule has 3 rings (SSSR count). The number of ether oxygens (including phenoxy) is 1. The second kappa shape index (κ2) is 9.17. The van der Waals surface area contributed by atoms with Crippen LogP contribution in [-0.2, 0) is 5.60 Å². The van der Waals surface area contributed by atoms with Gasteiger partial charge in [-0.2, -0.15) is 0 Å². The van der Waals surface area contributed by atoms with Crippen molar-refractivity contribution in [1.82, 2.24) is 0 Å². The summed E-state index contributed by atoms with van der Waals surface area (Å²) >= 11 is 0. The zero-order chi connectivity index (χ0) is 21.6. The highest BCUT2D eigenvalue weighted by Gasteiger charge is 2.35. The summed E-state index contributed by atoms with van der Waals surface area (Å²) in [5, 5.41) is 12.2. The molecule has 3 aromatic carbocycles. The van der Waals surface area contributed by atoms with Gasteiger partial charge in [0.05, 0.1) is 7.11 Å². The Bertz CT molecular complexity index is 1010. The monoisotopic (exact) mass is 412 g/mol. The van der Waals surface area contributed by atoms with E-state index in [1.807, 2.05) is 91.0 Å². The van der Waals surface area contributed by atoms with E-state index in [1.165, 1.54) is 0 Å². The zero-order valence-electron chi connectivity index (χ0n) is 18.0. The van der Waals surface area contributed by atoms with Crippen molar-refractivity contribution in [2.45, 2.75) is 25.2 Å². The summed E-state index contributed by atoms with van der Waals surface area (Å²) in [6.45, 7) is 6.61. The van der Waals surface area contributed by atoms with E-state index in [4.69, 9.17) is 4.74 Å². The van der Waals surface area contributed by atoms with E-state index in [0.717, 1.165) is 22.4 Å².